The van der Waals surface area contributed by atoms with Crippen LogP contribution in [-0.4, -0.2) is 89.2 Å². The topological polar surface area (TPSA) is 182 Å². The Morgan fingerprint density at radius 1 is 1.05 bits per heavy atom. The van der Waals surface area contributed by atoms with Crippen LogP contribution < -0.4 is 16.0 Å². The summed E-state index contributed by atoms with van der Waals surface area (Å²) in [6.45, 7) is 6.51. The number of aromatic nitrogens is 7. The summed E-state index contributed by atoms with van der Waals surface area (Å²) in [6, 6.07) is 8.05. The molecule has 4 amide bonds. The number of amides is 4. The Balaban J connectivity index is 1.57. The van der Waals surface area contributed by atoms with Gasteiger partial charge in [0.2, 0.25) is 23.6 Å². The van der Waals surface area contributed by atoms with Gasteiger partial charge in [0.25, 0.3) is 0 Å². The molecule has 0 saturated heterocycles. The van der Waals surface area contributed by atoms with Gasteiger partial charge in [-0.1, -0.05) is 44.2 Å². The third kappa shape index (κ3) is 9.15. The number of tetrazole rings is 1. The van der Waals surface area contributed by atoms with Crippen molar-refractivity contribution in [1.82, 2.24) is 55.8 Å². The van der Waals surface area contributed by atoms with E-state index in [0.29, 0.717) is 44.1 Å². The van der Waals surface area contributed by atoms with Gasteiger partial charge in [-0.2, -0.15) is 5.10 Å². The fourth-order valence-electron chi connectivity index (χ4n) is 4.90. The molecule has 4 rings (SSSR count). The highest BCUT2D eigenvalue weighted by Crippen LogP contribution is 2.21. The van der Waals surface area contributed by atoms with Gasteiger partial charge < -0.3 is 20.9 Å². The van der Waals surface area contributed by atoms with Gasteiger partial charge in [-0.25, -0.2) is 14.3 Å². The lowest BCUT2D eigenvalue weighted by molar-refractivity contribution is -0.133. The van der Waals surface area contributed by atoms with Crippen molar-refractivity contribution in [3.8, 4) is 0 Å². The molecule has 3 N–H and O–H groups in total. The summed E-state index contributed by atoms with van der Waals surface area (Å²) in [5, 5.41) is 24.1. The number of carbonyl (C=O) groups is 4. The minimum atomic E-state index is -0.853. The predicted molar refractivity (Wildman–Crippen MR) is 154 cm³/mol. The second kappa shape index (κ2) is 15.0. The number of nitrogens with one attached hydrogen (secondary N) is 3. The van der Waals surface area contributed by atoms with Gasteiger partial charge in [0, 0.05) is 32.5 Å². The monoisotopic (exact) mass is 593 g/mol. The van der Waals surface area contributed by atoms with E-state index in [1.165, 1.54) is 15.7 Å². The molecule has 230 valence electrons. The van der Waals surface area contributed by atoms with Gasteiger partial charge in [-0.15, -0.1) is 5.10 Å². The van der Waals surface area contributed by atoms with Gasteiger partial charge in [0.05, 0.1) is 6.04 Å². The Bertz CT molecular complexity index is 1370. The number of hydrogen-bond donors (Lipinski definition) is 3. The molecule has 3 aromatic rings. The molecule has 1 aromatic carbocycles. The fraction of sp³-hybridized carbons (Fsp3) is 0.536. The highest BCUT2D eigenvalue weighted by molar-refractivity contribution is 5.88. The quantitative estimate of drug-likeness (QED) is 0.365. The average Bonchev–Trinajstić information content (AvgIpc) is 3.61. The normalized spacial score (nSPS) is 19.5. The van der Waals surface area contributed by atoms with Gasteiger partial charge in [0.1, 0.15) is 31.3 Å². The van der Waals surface area contributed by atoms with Gasteiger partial charge in [0.15, 0.2) is 5.82 Å². The second-order valence-corrected chi connectivity index (χ2v) is 10.9. The minimum absolute atomic E-state index is 0.0453. The molecule has 0 spiro atoms. The molecule has 0 unspecified atom stereocenters. The number of nitrogens with zero attached hydrogens (tertiary/aromatic N) is 8. The number of rotatable bonds is 5. The first-order chi connectivity index (χ1) is 20.7. The molecule has 1 aliphatic heterocycles. The number of aryl methyl sites for hydroxylation is 1. The number of carbonyl (C=O) groups excluding carboxylic acids is 4. The van der Waals surface area contributed by atoms with Gasteiger partial charge in [-0.05, 0) is 41.7 Å². The standard InChI is InChI=1S/C28H39N11O4/c1-19(2)26-27-31-20(3)34-39(27)16-24(41)29-12-8-14-37(25(42)17-38-18-30-35-36-38)13-7-11-23(40)32-22(28(43)33-26)15-21-9-5-4-6-10-21/h4-6,9-10,18-19,22,26H,7-8,11-17H2,1-3H3,(H,29,41)(H,32,40)(H,33,43)/t22-,26+/m1/s1. The summed E-state index contributed by atoms with van der Waals surface area (Å²) in [5.74, 6) is -0.283. The molecule has 0 fully saturated rings. The van der Waals surface area contributed by atoms with Crippen LogP contribution in [0.2, 0.25) is 0 Å². The maximum Gasteiger partial charge on any atom is 0.244 e. The number of hydrogen-bond acceptors (Lipinski definition) is 9. The highest BCUT2D eigenvalue weighted by atomic mass is 16.2. The zero-order valence-corrected chi connectivity index (χ0v) is 24.8. The van der Waals surface area contributed by atoms with Crippen LogP contribution in [0.25, 0.3) is 0 Å². The van der Waals surface area contributed by atoms with Crippen LogP contribution in [-0.2, 0) is 38.7 Å². The van der Waals surface area contributed by atoms with Crippen LogP contribution in [0, 0.1) is 12.8 Å². The van der Waals surface area contributed by atoms with Crippen LogP contribution in [0.1, 0.15) is 56.4 Å². The van der Waals surface area contributed by atoms with Crippen LogP contribution >= 0.6 is 0 Å². The van der Waals surface area contributed by atoms with E-state index in [1.54, 1.807) is 11.8 Å². The van der Waals surface area contributed by atoms with Crippen molar-refractivity contribution in [3.63, 3.8) is 0 Å². The van der Waals surface area contributed by atoms with Gasteiger partial charge in [-0.3, -0.25) is 19.2 Å². The summed E-state index contributed by atoms with van der Waals surface area (Å²) in [6.07, 6.45) is 2.65. The molecule has 1 aliphatic rings. The zero-order valence-electron chi connectivity index (χ0n) is 24.8. The summed E-state index contributed by atoms with van der Waals surface area (Å²) in [4.78, 5) is 58.9. The van der Waals surface area contributed by atoms with E-state index in [-0.39, 0.29) is 55.5 Å². The predicted octanol–water partition coefficient (Wildman–Crippen LogP) is -0.0573. The van der Waals surface area contributed by atoms with Crippen molar-refractivity contribution in [2.24, 2.45) is 5.92 Å². The Morgan fingerprint density at radius 2 is 1.81 bits per heavy atom. The van der Waals surface area contributed by atoms with Crippen LogP contribution in [0.4, 0.5) is 0 Å². The Kier molecular flexibility index (Phi) is 10.9. The first-order valence-corrected chi connectivity index (χ1v) is 14.5. The largest absolute Gasteiger partial charge is 0.354 e. The Labute approximate surface area is 249 Å². The second-order valence-electron chi connectivity index (χ2n) is 10.9. The maximum absolute atomic E-state index is 13.7. The average molecular weight is 594 g/mol. The summed E-state index contributed by atoms with van der Waals surface area (Å²) < 4.78 is 2.84. The Morgan fingerprint density at radius 3 is 2.53 bits per heavy atom. The third-order valence-electron chi connectivity index (χ3n) is 7.08. The van der Waals surface area contributed by atoms with Crippen molar-refractivity contribution in [3.05, 3.63) is 53.9 Å². The van der Waals surface area contributed by atoms with Crippen molar-refractivity contribution >= 4 is 23.6 Å². The highest BCUT2D eigenvalue weighted by Gasteiger charge is 2.30. The molecule has 2 aromatic heterocycles. The third-order valence-corrected chi connectivity index (χ3v) is 7.08. The smallest absolute Gasteiger partial charge is 0.244 e. The van der Waals surface area contributed by atoms with Crippen LogP contribution in [0.5, 0.6) is 0 Å². The molecule has 0 bridgehead atoms. The van der Waals surface area contributed by atoms with E-state index in [4.69, 9.17) is 0 Å². The molecular weight excluding hydrogens is 554 g/mol. The lowest BCUT2D eigenvalue weighted by atomic mass is 10.0. The fourth-order valence-corrected chi connectivity index (χ4v) is 4.90. The van der Waals surface area contributed by atoms with Crippen molar-refractivity contribution < 1.29 is 19.2 Å². The molecule has 43 heavy (non-hydrogen) atoms. The maximum atomic E-state index is 13.7. The van der Waals surface area contributed by atoms with Crippen LogP contribution in [0.15, 0.2) is 36.7 Å². The SMILES string of the molecule is Cc1nc2n(n1)CC(=O)NCCCN(C(=O)Cn1cnnn1)CCCC(=O)N[C@H](Cc1ccccc1)C(=O)N[C@H]2C(C)C. The molecule has 3 heterocycles. The summed E-state index contributed by atoms with van der Waals surface area (Å²) in [5.41, 5.74) is 0.890. The molecule has 0 saturated carbocycles. The molecule has 15 heteroatoms. The van der Waals surface area contributed by atoms with E-state index in [2.05, 4.69) is 41.6 Å². The van der Waals surface area contributed by atoms with Crippen molar-refractivity contribution in [2.45, 2.75) is 71.6 Å². The first kappa shape index (κ1) is 31.3. The molecule has 15 nitrogen and oxygen atoms in total. The molecule has 0 radical (unpaired) electrons. The lowest BCUT2D eigenvalue weighted by Gasteiger charge is -2.26. The van der Waals surface area contributed by atoms with E-state index in [1.807, 2.05) is 44.2 Å². The summed E-state index contributed by atoms with van der Waals surface area (Å²) in [7, 11) is 0. The summed E-state index contributed by atoms with van der Waals surface area (Å²) >= 11 is 0. The molecule has 2 atom stereocenters. The van der Waals surface area contributed by atoms with Gasteiger partial charge >= 0.3 is 0 Å². The number of benzene rings is 1. The van der Waals surface area contributed by atoms with Crippen molar-refractivity contribution in [1.29, 1.82) is 0 Å². The first-order valence-electron chi connectivity index (χ1n) is 14.5. The van der Waals surface area contributed by atoms with Crippen LogP contribution in [0.3, 0.4) is 0 Å². The van der Waals surface area contributed by atoms with E-state index >= 15 is 0 Å². The Hall–Kier alpha value is -4.69. The molecule has 0 aliphatic carbocycles. The van der Waals surface area contributed by atoms with Crippen molar-refractivity contribution in [2.75, 3.05) is 19.6 Å². The zero-order chi connectivity index (χ0) is 30.8. The number of fused-ring (bicyclic) bond motifs is 1. The van der Waals surface area contributed by atoms with E-state index in [0.717, 1.165) is 5.56 Å². The lowest BCUT2D eigenvalue weighted by Crippen LogP contribution is -2.50. The van der Waals surface area contributed by atoms with E-state index < -0.39 is 12.1 Å². The van der Waals surface area contributed by atoms with E-state index in [9.17, 15) is 19.2 Å². The minimum Gasteiger partial charge on any atom is -0.354 e. The molecular formula is C28H39N11O4.